The average molecular weight is 269 g/mol. The molecule has 1 fully saturated rings. The van der Waals surface area contributed by atoms with Gasteiger partial charge in [0.15, 0.2) is 6.29 Å². The lowest BCUT2D eigenvalue weighted by Crippen LogP contribution is -2.51. The van der Waals surface area contributed by atoms with Crippen molar-refractivity contribution in [3.63, 3.8) is 0 Å². The Kier molecular flexibility index (Phi) is 3.57. The highest BCUT2D eigenvalue weighted by Gasteiger charge is 2.48. The van der Waals surface area contributed by atoms with E-state index in [1.54, 1.807) is 12.1 Å². The van der Waals surface area contributed by atoms with Gasteiger partial charge in [-0.2, -0.15) is 0 Å². The number of carbonyl (C=O) groups is 2. The molecule has 5 heteroatoms. The summed E-state index contributed by atoms with van der Waals surface area (Å²) in [6.07, 6.45) is 2.76. The number of rotatable bonds is 4. The standard InChI is InChI=1S/C13H13ClO4/c1-17-12(16)13(5-2-6-13)18-11-4-3-10(14)7-9(11)8-15/h3-4,7-8H,2,5-6H2,1H3. The largest absolute Gasteiger partial charge is 0.475 e. The molecule has 0 bridgehead atoms. The summed E-state index contributed by atoms with van der Waals surface area (Å²) in [7, 11) is 1.33. The van der Waals surface area contributed by atoms with Gasteiger partial charge < -0.3 is 9.47 Å². The predicted molar refractivity (Wildman–Crippen MR) is 66.1 cm³/mol. The first kappa shape index (κ1) is 12.9. The molecule has 96 valence electrons. The maximum absolute atomic E-state index is 11.7. The number of halogens is 1. The average Bonchev–Trinajstić information content (AvgIpc) is 2.34. The first-order valence-electron chi connectivity index (χ1n) is 5.63. The van der Waals surface area contributed by atoms with Gasteiger partial charge in [0.25, 0.3) is 0 Å². The Hall–Kier alpha value is -1.55. The Morgan fingerprint density at radius 2 is 2.17 bits per heavy atom. The molecule has 18 heavy (non-hydrogen) atoms. The molecule has 1 saturated carbocycles. The fourth-order valence-electron chi connectivity index (χ4n) is 1.95. The molecule has 0 aromatic heterocycles. The highest BCUT2D eigenvalue weighted by Crippen LogP contribution is 2.38. The third kappa shape index (κ3) is 2.20. The third-order valence-electron chi connectivity index (χ3n) is 3.12. The van der Waals surface area contributed by atoms with Crippen molar-refractivity contribution >= 4 is 23.9 Å². The van der Waals surface area contributed by atoms with Crippen LogP contribution in [0, 0.1) is 0 Å². The minimum Gasteiger partial charge on any atom is -0.475 e. The zero-order chi connectivity index (χ0) is 13.2. The van der Waals surface area contributed by atoms with Crippen LogP contribution >= 0.6 is 11.6 Å². The second kappa shape index (κ2) is 4.98. The molecule has 0 aliphatic heterocycles. The number of hydrogen-bond acceptors (Lipinski definition) is 4. The minimum atomic E-state index is -0.944. The van der Waals surface area contributed by atoms with Crippen molar-refractivity contribution in [2.45, 2.75) is 24.9 Å². The Labute approximate surface area is 110 Å². The first-order valence-corrected chi connectivity index (χ1v) is 6.01. The maximum atomic E-state index is 11.7. The van der Waals surface area contributed by atoms with Crippen LogP contribution in [0.25, 0.3) is 0 Å². The molecular weight excluding hydrogens is 256 g/mol. The molecule has 0 atom stereocenters. The fraction of sp³-hybridized carbons (Fsp3) is 0.385. The summed E-state index contributed by atoms with van der Waals surface area (Å²) in [5, 5.41) is 0.449. The SMILES string of the molecule is COC(=O)C1(Oc2ccc(Cl)cc2C=O)CCC1. The maximum Gasteiger partial charge on any atom is 0.350 e. The molecule has 0 amide bonds. The number of esters is 1. The van der Waals surface area contributed by atoms with Crippen molar-refractivity contribution in [3.8, 4) is 5.75 Å². The van der Waals surface area contributed by atoms with Gasteiger partial charge in [-0.25, -0.2) is 4.79 Å². The van der Waals surface area contributed by atoms with Gasteiger partial charge in [0.05, 0.1) is 12.7 Å². The number of carbonyl (C=O) groups excluding carboxylic acids is 2. The van der Waals surface area contributed by atoms with Gasteiger partial charge in [-0.15, -0.1) is 0 Å². The zero-order valence-corrected chi connectivity index (χ0v) is 10.7. The van der Waals surface area contributed by atoms with E-state index in [0.717, 1.165) is 6.42 Å². The van der Waals surface area contributed by atoms with Gasteiger partial charge in [0, 0.05) is 5.02 Å². The van der Waals surface area contributed by atoms with Crippen LogP contribution in [-0.2, 0) is 9.53 Å². The van der Waals surface area contributed by atoms with Crippen LogP contribution in [0.5, 0.6) is 5.75 Å². The monoisotopic (exact) mass is 268 g/mol. The van der Waals surface area contributed by atoms with E-state index in [0.29, 0.717) is 35.5 Å². The number of benzene rings is 1. The second-order valence-corrected chi connectivity index (χ2v) is 4.68. The Balaban J connectivity index is 2.27. The van der Waals surface area contributed by atoms with Gasteiger partial charge in [0.1, 0.15) is 5.75 Å². The number of methoxy groups -OCH3 is 1. The molecule has 1 aliphatic rings. The van der Waals surface area contributed by atoms with E-state index in [4.69, 9.17) is 21.1 Å². The molecule has 0 heterocycles. The lowest BCUT2D eigenvalue weighted by Gasteiger charge is -2.39. The van der Waals surface area contributed by atoms with Crippen LogP contribution in [0.1, 0.15) is 29.6 Å². The van der Waals surface area contributed by atoms with Crippen LogP contribution in [0.15, 0.2) is 18.2 Å². The van der Waals surface area contributed by atoms with E-state index in [2.05, 4.69) is 0 Å². The Bertz CT molecular complexity index is 480. The summed E-state index contributed by atoms with van der Waals surface area (Å²) in [6, 6.07) is 4.72. The molecule has 0 saturated heterocycles. The van der Waals surface area contributed by atoms with Gasteiger partial charge in [-0.05, 0) is 37.5 Å². The third-order valence-corrected chi connectivity index (χ3v) is 3.36. The normalized spacial score (nSPS) is 16.6. The summed E-state index contributed by atoms with van der Waals surface area (Å²) in [5.74, 6) is -0.0416. The number of hydrogen-bond donors (Lipinski definition) is 0. The fourth-order valence-corrected chi connectivity index (χ4v) is 2.13. The lowest BCUT2D eigenvalue weighted by molar-refractivity contribution is -0.167. The summed E-state index contributed by atoms with van der Waals surface area (Å²) in [6.45, 7) is 0. The lowest BCUT2D eigenvalue weighted by atomic mass is 9.80. The van der Waals surface area contributed by atoms with Crippen molar-refractivity contribution in [2.24, 2.45) is 0 Å². The van der Waals surface area contributed by atoms with E-state index in [9.17, 15) is 9.59 Å². The molecule has 1 aliphatic carbocycles. The van der Waals surface area contributed by atoms with Gasteiger partial charge in [0.2, 0.25) is 5.60 Å². The zero-order valence-electron chi connectivity index (χ0n) is 9.94. The Morgan fingerprint density at radius 3 is 2.67 bits per heavy atom. The molecular formula is C13H13ClO4. The van der Waals surface area contributed by atoms with E-state index in [1.165, 1.54) is 13.2 Å². The van der Waals surface area contributed by atoms with E-state index in [1.807, 2.05) is 0 Å². The summed E-state index contributed by atoms with van der Waals surface area (Å²) in [4.78, 5) is 22.7. The van der Waals surface area contributed by atoms with E-state index < -0.39 is 11.6 Å². The van der Waals surface area contributed by atoms with Crippen molar-refractivity contribution in [2.75, 3.05) is 7.11 Å². The molecule has 1 aromatic rings. The van der Waals surface area contributed by atoms with Crippen LogP contribution in [0.4, 0.5) is 0 Å². The quantitative estimate of drug-likeness (QED) is 0.622. The van der Waals surface area contributed by atoms with Gasteiger partial charge in [-0.3, -0.25) is 4.79 Å². The van der Waals surface area contributed by atoms with E-state index in [-0.39, 0.29) is 0 Å². The molecule has 1 aromatic carbocycles. The van der Waals surface area contributed by atoms with Crippen LogP contribution in [0.3, 0.4) is 0 Å². The molecule has 0 spiro atoms. The smallest absolute Gasteiger partial charge is 0.350 e. The van der Waals surface area contributed by atoms with Crippen molar-refractivity contribution in [3.05, 3.63) is 28.8 Å². The number of aldehydes is 1. The summed E-state index contributed by atoms with van der Waals surface area (Å²) in [5.41, 5.74) is -0.613. The molecule has 0 radical (unpaired) electrons. The Morgan fingerprint density at radius 1 is 1.44 bits per heavy atom. The molecule has 2 rings (SSSR count). The summed E-state index contributed by atoms with van der Waals surface area (Å²) < 4.78 is 10.5. The highest BCUT2D eigenvalue weighted by atomic mass is 35.5. The first-order chi connectivity index (χ1) is 8.61. The van der Waals surface area contributed by atoms with Crippen LogP contribution in [-0.4, -0.2) is 25.0 Å². The summed E-state index contributed by atoms with van der Waals surface area (Å²) >= 11 is 5.80. The van der Waals surface area contributed by atoms with E-state index >= 15 is 0 Å². The van der Waals surface area contributed by atoms with Crippen LogP contribution in [0.2, 0.25) is 5.02 Å². The molecule has 0 N–H and O–H groups in total. The minimum absolute atomic E-state index is 0.331. The topological polar surface area (TPSA) is 52.6 Å². The molecule has 0 unspecified atom stereocenters. The highest BCUT2D eigenvalue weighted by molar-refractivity contribution is 6.30. The van der Waals surface area contributed by atoms with Crippen molar-refractivity contribution in [1.82, 2.24) is 0 Å². The van der Waals surface area contributed by atoms with Crippen molar-refractivity contribution in [1.29, 1.82) is 0 Å². The molecule has 4 nitrogen and oxygen atoms in total. The number of ether oxygens (including phenoxy) is 2. The predicted octanol–water partition coefficient (Wildman–Crippen LogP) is 2.63. The van der Waals surface area contributed by atoms with Crippen LogP contribution < -0.4 is 4.74 Å². The second-order valence-electron chi connectivity index (χ2n) is 4.24. The van der Waals surface area contributed by atoms with Gasteiger partial charge in [-0.1, -0.05) is 11.6 Å². The van der Waals surface area contributed by atoms with Crippen molar-refractivity contribution < 1.29 is 19.1 Å². The van der Waals surface area contributed by atoms with Gasteiger partial charge >= 0.3 is 5.97 Å².